The number of carboxylic acid groups (broad SMARTS) is 1. The second kappa shape index (κ2) is 8.44. The fourth-order valence-corrected chi connectivity index (χ4v) is 4.74. The monoisotopic (exact) mass is 467 g/mol. The van der Waals surface area contributed by atoms with E-state index in [0.717, 1.165) is 31.3 Å². The van der Waals surface area contributed by atoms with E-state index in [1.54, 1.807) is 15.5 Å². The van der Waals surface area contributed by atoms with Gasteiger partial charge in [-0.15, -0.1) is 0 Å². The van der Waals surface area contributed by atoms with Crippen molar-refractivity contribution in [1.29, 1.82) is 0 Å². The Bertz CT molecular complexity index is 962. The maximum Gasteiger partial charge on any atom is 0.407 e. The minimum Gasteiger partial charge on any atom is -0.465 e. The van der Waals surface area contributed by atoms with Crippen LogP contribution in [-0.4, -0.2) is 56.8 Å². The molecule has 1 saturated heterocycles. The molecule has 0 spiro atoms. The van der Waals surface area contributed by atoms with Gasteiger partial charge in [0.25, 0.3) is 5.56 Å². The molecule has 29 heavy (non-hydrogen) atoms. The molecule has 1 aliphatic heterocycles. The number of benzene rings is 1. The van der Waals surface area contributed by atoms with Crippen molar-refractivity contribution in [2.45, 2.75) is 51.7 Å². The molecule has 6 nitrogen and oxygen atoms in total. The summed E-state index contributed by atoms with van der Waals surface area (Å²) in [6.07, 6.45) is 0.633. The SMILES string of the molecule is CC(C)(C)N(C(=O)O)C1CCN(CCn2c(=O)ccc3c(Br)cc(F)cc32)CC1. The highest BCUT2D eigenvalue weighted by atomic mass is 79.9. The maximum atomic E-state index is 13.9. The second-order valence-corrected chi connectivity index (χ2v) is 9.39. The van der Waals surface area contributed by atoms with Crippen LogP contribution in [0.1, 0.15) is 33.6 Å². The molecule has 1 aliphatic rings. The minimum absolute atomic E-state index is 0.00548. The van der Waals surface area contributed by atoms with Crippen LogP contribution in [-0.2, 0) is 6.54 Å². The lowest BCUT2D eigenvalue weighted by molar-refractivity contribution is 0.0417. The first-order valence-corrected chi connectivity index (χ1v) is 10.6. The van der Waals surface area contributed by atoms with Crippen molar-refractivity contribution in [2.75, 3.05) is 19.6 Å². The van der Waals surface area contributed by atoms with Gasteiger partial charge in [0.1, 0.15) is 5.82 Å². The summed E-state index contributed by atoms with van der Waals surface area (Å²) in [7, 11) is 0. The highest BCUT2D eigenvalue weighted by molar-refractivity contribution is 9.10. The number of rotatable bonds is 4. The fraction of sp³-hybridized carbons (Fsp3) is 0.524. The number of hydrogen-bond donors (Lipinski definition) is 1. The number of nitrogens with zero attached hydrogens (tertiary/aromatic N) is 3. The smallest absolute Gasteiger partial charge is 0.407 e. The number of amides is 1. The number of fused-ring (bicyclic) bond motifs is 1. The Morgan fingerprint density at radius 3 is 2.48 bits per heavy atom. The van der Waals surface area contributed by atoms with Crippen LogP contribution in [0.25, 0.3) is 10.9 Å². The van der Waals surface area contributed by atoms with Gasteiger partial charge >= 0.3 is 6.09 Å². The summed E-state index contributed by atoms with van der Waals surface area (Å²) in [5.74, 6) is -0.388. The van der Waals surface area contributed by atoms with Crippen molar-refractivity contribution in [2.24, 2.45) is 0 Å². The Morgan fingerprint density at radius 1 is 1.24 bits per heavy atom. The summed E-state index contributed by atoms with van der Waals surface area (Å²) in [4.78, 5) is 27.9. The van der Waals surface area contributed by atoms with Crippen LogP contribution < -0.4 is 5.56 Å². The highest BCUT2D eigenvalue weighted by Crippen LogP contribution is 2.26. The van der Waals surface area contributed by atoms with Gasteiger partial charge in [-0.2, -0.15) is 0 Å². The number of piperidine rings is 1. The Morgan fingerprint density at radius 2 is 1.90 bits per heavy atom. The van der Waals surface area contributed by atoms with Gasteiger partial charge in [-0.25, -0.2) is 9.18 Å². The summed E-state index contributed by atoms with van der Waals surface area (Å²) in [5, 5.41) is 10.4. The van der Waals surface area contributed by atoms with E-state index in [2.05, 4.69) is 20.8 Å². The fourth-order valence-electron chi connectivity index (χ4n) is 4.19. The highest BCUT2D eigenvalue weighted by Gasteiger charge is 2.35. The van der Waals surface area contributed by atoms with E-state index in [4.69, 9.17) is 0 Å². The van der Waals surface area contributed by atoms with Crippen LogP contribution in [0.5, 0.6) is 0 Å². The minimum atomic E-state index is -0.883. The molecule has 1 N–H and O–H groups in total. The topological polar surface area (TPSA) is 65.8 Å². The van der Waals surface area contributed by atoms with Crippen molar-refractivity contribution in [3.8, 4) is 0 Å². The lowest BCUT2D eigenvalue weighted by atomic mass is 9.97. The van der Waals surface area contributed by atoms with Gasteiger partial charge < -0.3 is 19.5 Å². The molecule has 3 rings (SSSR count). The van der Waals surface area contributed by atoms with E-state index in [0.29, 0.717) is 23.1 Å². The van der Waals surface area contributed by atoms with Crippen LogP contribution in [0.4, 0.5) is 9.18 Å². The molecule has 0 saturated carbocycles. The van der Waals surface area contributed by atoms with E-state index in [-0.39, 0.29) is 17.4 Å². The average molecular weight is 468 g/mol. The quantitative estimate of drug-likeness (QED) is 0.733. The summed E-state index contributed by atoms with van der Waals surface area (Å²) >= 11 is 3.36. The molecule has 0 atom stereocenters. The number of pyridine rings is 1. The van der Waals surface area contributed by atoms with Crippen molar-refractivity contribution in [3.05, 3.63) is 44.9 Å². The van der Waals surface area contributed by atoms with Gasteiger partial charge in [-0.3, -0.25) is 4.79 Å². The molecule has 0 bridgehead atoms. The van der Waals surface area contributed by atoms with Gasteiger partial charge in [0.15, 0.2) is 0 Å². The van der Waals surface area contributed by atoms with Crippen LogP contribution in [0.2, 0.25) is 0 Å². The molecule has 1 aromatic heterocycles. The van der Waals surface area contributed by atoms with Gasteiger partial charge in [0.05, 0.1) is 5.52 Å². The second-order valence-electron chi connectivity index (χ2n) is 8.54. The normalized spacial score (nSPS) is 16.3. The van der Waals surface area contributed by atoms with Crippen LogP contribution >= 0.6 is 15.9 Å². The molecule has 1 amide bonds. The molecule has 1 aromatic carbocycles. The first-order chi connectivity index (χ1) is 13.6. The van der Waals surface area contributed by atoms with Crippen molar-refractivity contribution >= 4 is 32.9 Å². The zero-order chi connectivity index (χ0) is 21.3. The third kappa shape index (κ3) is 4.80. The van der Waals surface area contributed by atoms with E-state index in [1.807, 2.05) is 20.8 Å². The molecular weight excluding hydrogens is 441 g/mol. The Labute approximate surface area is 178 Å². The van der Waals surface area contributed by atoms with Crippen LogP contribution in [0.3, 0.4) is 0 Å². The zero-order valence-electron chi connectivity index (χ0n) is 17.0. The first-order valence-electron chi connectivity index (χ1n) is 9.81. The molecule has 1 fully saturated rings. The number of halogens is 2. The lowest BCUT2D eigenvalue weighted by Crippen LogP contribution is -2.54. The Hall–Kier alpha value is -1.93. The molecule has 0 radical (unpaired) electrons. The van der Waals surface area contributed by atoms with Crippen molar-refractivity contribution in [1.82, 2.24) is 14.4 Å². The Balaban J connectivity index is 1.69. The molecule has 2 heterocycles. The van der Waals surface area contributed by atoms with E-state index in [1.165, 1.54) is 18.2 Å². The van der Waals surface area contributed by atoms with Crippen LogP contribution in [0.15, 0.2) is 33.5 Å². The van der Waals surface area contributed by atoms with Gasteiger partial charge in [-0.05, 0) is 67.7 Å². The molecule has 2 aromatic rings. The summed E-state index contributed by atoms with van der Waals surface area (Å²) in [5.41, 5.74) is -0.0226. The lowest BCUT2D eigenvalue weighted by Gasteiger charge is -2.43. The predicted molar refractivity (Wildman–Crippen MR) is 115 cm³/mol. The predicted octanol–water partition coefficient (Wildman–Crippen LogP) is 4.15. The number of aromatic nitrogens is 1. The van der Waals surface area contributed by atoms with E-state index < -0.39 is 11.6 Å². The molecule has 0 aliphatic carbocycles. The number of likely N-dealkylation sites (tertiary alicyclic amines) is 1. The third-order valence-electron chi connectivity index (χ3n) is 5.51. The molecule has 0 unspecified atom stereocenters. The zero-order valence-corrected chi connectivity index (χ0v) is 18.6. The van der Waals surface area contributed by atoms with Crippen LogP contribution in [0, 0.1) is 5.82 Å². The Kier molecular flexibility index (Phi) is 6.33. The van der Waals surface area contributed by atoms with Gasteiger partial charge in [-0.1, -0.05) is 0 Å². The average Bonchev–Trinajstić information content (AvgIpc) is 2.60. The summed E-state index contributed by atoms with van der Waals surface area (Å²) in [6.45, 7) is 8.39. The van der Waals surface area contributed by atoms with E-state index >= 15 is 0 Å². The van der Waals surface area contributed by atoms with Gasteiger partial charge in [0.2, 0.25) is 0 Å². The first kappa shape index (κ1) is 21.8. The van der Waals surface area contributed by atoms with Crippen molar-refractivity contribution in [3.63, 3.8) is 0 Å². The number of hydrogen-bond acceptors (Lipinski definition) is 3. The molecule has 158 valence electrons. The third-order valence-corrected chi connectivity index (χ3v) is 6.17. The number of carbonyl (C=O) groups is 1. The maximum absolute atomic E-state index is 13.9. The molecule has 8 heteroatoms. The summed E-state index contributed by atoms with van der Waals surface area (Å²) in [6, 6.07) is 5.99. The standard InChI is InChI=1S/C21H27BrFN3O3/c1-21(2,3)26(20(28)29)15-6-8-24(9-7-15)10-11-25-18-13-14(23)12-17(22)16(18)4-5-19(25)27/h4-5,12-13,15H,6-11H2,1-3H3,(H,28,29). The van der Waals surface area contributed by atoms with E-state index in [9.17, 15) is 19.1 Å². The van der Waals surface area contributed by atoms with Crippen molar-refractivity contribution < 1.29 is 14.3 Å². The summed E-state index contributed by atoms with van der Waals surface area (Å²) < 4.78 is 16.1. The molecular formula is C21H27BrFN3O3. The van der Waals surface area contributed by atoms with Gasteiger partial charge in [0, 0.05) is 53.7 Å². The largest absolute Gasteiger partial charge is 0.465 e.